The summed E-state index contributed by atoms with van der Waals surface area (Å²) in [6.07, 6.45) is 0.803. The molecule has 0 aliphatic heterocycles. The summed E-state index contributed by atoms with van der Waals surface area (Å²) in [7, 11) is 1.58. The maximum absolute atomic E-state index is 13.0. The van der Waals surface area contributed by atoms with E-state index in [0.717, 1.165) is 22.8 Å². The molecule has 20 heavy (non-hydrogen) atoms. The SMILES string of the molecule is COc1cccc2c(C=O)c(-c3ccc(F)cc3)[nH]c12. The second-order valence-electron chi connectivity index (χ2n) is 4.42. The van der Waals surface area contributed by atoms with Crippen molar-refractivity contribution < 1.29 is 13.9 Å². The van der Waals surface area contributed by atoms with E-state index < -0.39 is 0 Å². The zero-order chi connectivity index (χ0) is 14.1. The van der Waals surface area contributed by atoms with E-state index >= 15 is 0 Å². The first-order valence-electron chi connectivity index (χ1n) is 6.14. The fourth-order valence-electron chi connectivity index (χ4n) is 2.35. The Kier molecular flexibility index (Phi) is 2.99. The minimum absolute atomic E-state index is 0.310. The van der Waals surface area contributed by atoms with Gasteiger partial charge in [0.1, 0.15) is 11.6 Å². The summed E-state index contributed by atoms with van der Waals surface area (Å²) in [5.74, 6) is 0.356. The lowest BCUT2D eigenvalue weighted by atomic mass is 10.1. The molecule has 0 atom stereocenters. The number of H-pyrrole nitrogens is 1. The quantitative estimate of drug-likeness (QED) is 0.735. The molecule has 3 aromatic rings. The fourth-order valence-corrected chi connectivity index (χ4v) is 2.35. The molecular weight excluding hydrogens is 257 g/mol. The van der Waals surface area contributed by atoms with Crippen molar-refractivity contribution in [2.75, 3.05) is 7.11 Å². The lowest BCUT2D eigenvalue weighted by Crippen LogP contribution is -1.84. The van der Waals surface area contributed by atoms with Gasteiger partial charge in [0.25, 0.3) is 0 Å². The van der Waals surface area contributed by atoms with E-state index in [9.17, 15) is 9.18 Å². The van der Waals surface area contributed by atoms with E-state index in [1.165, 1.54) is 12.1 Å². The van der Waals surface area contributed by atoms with Crippen molar-refractivity contribution in [1.29, 1.82) is 0 Å². The van der Waals surface area contributed by atoms with Gasteiger partial charge in [0, 0.05) is 10.9 Å². The average Bonchev–Trinajstić information content (AvgIpc) is 2.86. The number of aromatic nitrogens is 1. The summed E-state index contributed by atoms with van der Waals surface area (Å²) in [5.41, 5.74) is 2.73. The highest BCUT2D eigenvalue weighted by Gasteiger charge is 2.15. The zero-order valence-electron chi connectivity index (χ0n) is 10.8. The molecule has 0 unspecified atom stereocenters. The summed E-state index contributed by atoms with van der Waals surface area (Å²) < 4.78 is 18.3. The molecule has 0 amide bonds. The van der Waals surface area contributed by atoms with Gasteiger partial charge in [-0.1, -0.05) is 12.1 Å². The highest BCUT2D eigenvalue weighted by Crippen LogP contribution is 2.33. The molecule has 100 valence electrons. The molecule has 0 spiro atoms. The van der Waals surface area contributed by atoms with E-state index in [-0.39, 0.29) is 5.82 Å². The third-order valence-electron chi connectivity index (χ3n) is 3.31. The standard InChI is InChI=1S/C16H12FNO2/c1-20-14-4-2-3-12-13(9-19)15(18-16(12)14)10-5-7-11(17)8-6-10/h2-9,18H,1H3. The maximum atomic E-state index is 13.0. The number of aldehydes is 1. The number of para-hydroxylation sites is 1. The second-order valence-corrected chi connectivity index (χ2v) is 4.42. The van der Waals surface area contributed by atoms with Gasteiger partial charge < -0.3 is 9.72 Å². The number of aromatic amines is 1. The molecule has 4 heteroatoms. The number of hydrogen-bond donors (Lipinski definition) is 1. The van der Waals surface area contributed by atoms with Gasteiger partial charge >= 0.3 is 0 Å². The van der Waals surface area contributed by atoms with Gasteiger partial charge in [-0.05, 0) is 35.9 Å². The third-order valence-corrected chi connectivity index (χ3v) is 3.31. The van der Waals surface area contributed by atoms with Gasteiger partial charge in [-0.2, -0.15) is 0 Å². The number of nitrogens with one attached hydrogen (secondary N) is 1. The molecule has 0 radical (unpaired) electrons. The number of hydrogen-bond acceptors (Lipinski definition) is 2. The van der Waals surface area contributed by atoms with Crippen LogP contribution >= 0.6 is 0 Å². The zero-order valence-corrected chi connectivity index (χ0v) is 10.8. The van der Waals surface area contributed by atoms with Crippen LogP contribution in [-0.4, -0.2) is 18.4 Å². The van der Waals surface area contributed by atoms with Crippen molar-refractivity contribution in [3.05, 3.63) is 53.8 Å². The number of fused-ring (bicyclic) bond motifs is 1. The van der Waals surface area contributed by atoms with Crippen molar-refractivity contribution in [2.24, 2.45) is 0 Å². The van der Waals surface area contributed by atoms with E-state index in [0.29, 0.717) is 17.0 Å². The smallest absolute Gasteiger partial charge is 0.152 e. The van der Waals surface area contributed by atoms with Crippen molar-refractivity contribution in [1.82, 2.24) is 4.98 Å². The Morgan fingerprint density at radius 1 is 1.15 bits per heavy atom. The first kappa shape index (κ1) is 12.4. The number of carbonyl (C=O) groups is 1. The molecule has 2 aromatic carbocycles. The molecule has 0 saturated heterocycles. The average molecular weight is 269 g/mol. The normalized spacial score (nSPS) is 10.7. The number of carbonyl (C=O) groups excluding carboxylic acids is 1. The molecule has 0 saturated carbocycles. The van der Waals surface area contributed by atoms with Crippen molar-refractivity contribution in [3.8, 4) is 17.0 Å². The Balaban J connectivity index is 2.30. The minimum Gasteiger partial charge on any atom is -0.495 e. The fraction of sp³-hybridized carbons (Fsp3) is 0.0625. The monoisotopic (exact) mass is 269 g/mol. The highest BCUT2D eigenvalue weighted by atomic mass is 19.1. The van der Waals surface area contributed by atoms with Crippen molar-refractivity contribution in [2.45, 2.75) is 0 Å². The van der Waals surface area contributed by atoms with Gasteiger partial charge in [-0.3, -0.25) is 4.79 Å². The summed E-state index contributed by atoms with van der Waals surface area (Å²) in [6.45, 7) is 0. The van der Waals surface area contributed by atoms with Crippen LogP contribution < -0.4 is 4.74 Å². The number of methoxy groups -OCH3 is 1. The van der Waals surface area contributed by atoms with Crippen LogP contribution in [0, 0.1) is 5.82 Å². The van der Waals surface area contributed by atoms with Crippen LogP contribution in [0.25, 0.3) is 22.2 Å². The van der Waals surface area contributed by atoms with E-state index in [1.807, 2.05) is 18.2 Å². The lowest BCUT2D eigenvalue weighted by Gasteiger charge is -2.00. The Labute approximate surface area is 115 Å². The molecule has 1 N–H and O–H groups in total. The lowest BCUT2D eigenvalue weighted by molar-refractivity contribution is 0.112. The van der Waals surface area contributed by atoms with Crippen LogP contribution in [0.3, 0.4) is 0 Å². The predicted molar refractivity (Wildman–Crippen MR) is 75.6 cm³/mol. The highest BCUT2D eigenvalue weighted by molar-refractivity contribution is 6.06. The molecule has 0 fully saturated rings. The summed E-state index contributed by atoms with van der Waals surface area (Å²) >= 11 is 0. The molecule has 0 bridgehead atoms. The Bertz CT molecular complexity index is 775. The van der Waals surface area contributed by atoms with Crippen LogP contribution in [0.4, 0.5) is 4.39 Å². The maximum Gasteiger partial charge on any atom is 0.152 e. The van der Waals surface area contributed by atoms with Crippen molar-refractivity contribution >= 4 is 17.2 Å². The van der Waals surface area contributed by atoms with Gasteiger partial charge in [0.15, 0.2) is 6.29 Å². The number of halogens is 1. The Morgan fingerprint density at radius 3 is 2.55 bits per heavy atom. The van der Waals surface area contributed by atoms with Crippen LogP contribution in [0.15, 0.2) is 42.5 Å². The van der Waals surface area contributed by atoms with Crippen LogP contribution in [-0.2, 0) is 0 Å². The molecule has 1 aromatic heterocycles. The largest absolute Gasteiger partial charge is 0.495 e. The molecule has 0 aliphatic carbocycles. The molecule has 0 aliphatic rings. The minimum atomic E-state index is -0.310. The Morgan fingerprint density at radius 2 is 1.90 bits per heavy atom. The topological polar surface area (TPSA) is 42.1 Å². The first-order valence-corrected chi connectivity index (χ1v) is 6.14. The van der Waals surface area contributed by atoms with Crippen molar-refractivity contribution in [3.63, 3.8) is 0 Å². The number of rotatable bonds is 3. The molecule has 3 nitrogen and oxygen atoms in total. The number of ether oxygens (including phenoxy) is 1. The van der Waals surface area contributed by atoms with Gasteiger partial charge in [-0.25, -0.2) is 4.39 Å². The summed E-state index contributed by atoms with van der Waals surface area (Å²) in [4.78, 5) is 14.6. The van der Waals surface area contributed by atoms with Gasteiger partial charge in [0.05, 0.1) is 18.3 Å². The van der Waals surface area contributed by atoms with E-state index in [1.54, 1.807) is 19.2 Å². The van der Waals surface area contributed by atoms with Crippen LogP contribution in [0.2, 0.25) is 0 Å². The Hall–Kier alpha value is -2.62. The van der Waals surface area contributed by atoms with E-state index in [2.05, 4.69) is 4.98 Å². The summed E-state index contributed by atoms with van der Waals surface area (Å²) in [5, 5.41) is 0.790. The molecule has 3 rings (SSSR count). The van der Waals surface area contributed by atoms with Crippen LogP contribution in [0.1, 0.15) is 10.4 Å². The second kappa shape index (κ2) is 4.81. The van der Waals surface area contributed by atoms with Gasteiger partial charge in [0.2, 0.25) is 0 Å². The van der Waals surface area contributed by atoms with Gasteiger partial charge in [-0.15, -0.1) is 0 Å². The third kappa shape index (κ3) is 1.86. The predicted octanol–water partition coefficient (Wildman–Crippen LogP) is 3.80. The summed E-state index contributed by atoms with van der Waals surface area (Å²) in [6, 6.07) is 11.5. The molecule has 1 heterocycles. The number of benzene rings is 2. The van der Waals surface area contributed by atoms with E-state index in [4.69, 9.17) is 4.74 Å². The first-order chi connectivity index (χ1) is 9.74. The van der Waals surface area contributed by atoms with Crippen LogP contribution in [0.5, 0.6) is 5.75 Å². The molecular formula is C16H12FNO2.